The first-order valence-corrected chi connectivity index (χ1v) is 6.84. The lowest BCUT2D eigenvalue weighted by molar-refractivity contribution is -0.0159. The third-order valence-corrected chi connectivity index (χ3v) is 3.54. The van der Waals surface area contributed by atoms with Gasteiger partial charge in [0.15, 0.2) is 0 Å². The van der Waals surface area contributed by atoms with Crippen molar-refractivity contribution in [1.29, 1.82) is 0 Å². The molecule has 1 aliphatic rings. The number of hydrogen-bond donors (Lipinski definition) is 1. The van der Waals surface area contributed by atoms with Gasteiger partial charge in [-0.15, -0.1) is 0 Å². The fraction of sp³-hybridized carbons (Fsp3) is 0.600. The van der Waals surface area contributed by atoms with Gasteiger partial charge in [0.05, 0.1) is 13.2 Å². The number of para-hydroxylation sites is 1. The van der Waals surface area contributed by atoms with Crippen LogP contribution in [-0.4, -0.2) is 39.1 Å². The second-order valence-corrected chi connectivity index (χ2v) is 4.83. The minimum Gasteiger partial charge on any atom is -0.494 e. The van der Waals surface area contributed by atoms with E-state index in [-0.39, 0.29) is 5.60 Å². The lowest BCUT2D eigenvalue weighted by Gasteiger charge is -2.26. The van der Waals surface area contributed by atoms with Crippen LogP contribution in [0.4, 0.5) is 0 Å². The molecule has 4 heteroatoms. The van der Waals surface area contributed by atoms with Crippen molar-refractivity contribution in [3.63, 3.8) is 0 Å². The molecule has 0 bridgehead atoms. The van der Waals surface area contributed by atoms with Crippen LogP contribution in [0, 0.1) is 0 Å². The molecule has 1 aromatic rings. The van der Waals surface area contributed by atoms with Gasteiger partial charge in [0.1, 0.15) is 11.4 Å². The minimum atomic E-state index is -0.166. The fourth-order valence-electron chi connectivity index (χ4n) is 2.33. The summed E-state index contributed by atoms with van der Waals surface area (Å²) in [4.78, 5) is 0. The molecule has 1 atom stereocenters. The Morgan fingerprint density at radius 2 is 2.21 bits per heavy atom. The Morgan fingerprint density at radius 1 is 1.37 bits per heavy atom. The third-order valence-electron chi connectivity index (χ3n) is 3.54. The van der Waals surface area contributed by atoms with Crippen LogP contribution in [0.5, 0.6) is 5.75 Å². The Balaban J connectivity index is 1.88. The number of rotatable bonds is 7. The highest BCUT2D eigenvalue weighted by atomic mass is 16.5. The zero-order valence-electron chi connectivity index (χ0n) is 11.8. The summed E-state index contributed by atoms with van der Waals surface area (Å²) in [5, 5.41) is 3.45. The Bertz CT molecular complexity index is 389. The summed E-state index contributed by atoms with van der Waals surface area (Å²) < 4.78 is 16.6. The summed E-state index contributed by atoms with van der Waals surface area (Å²) in [7, 11) is 1.75. The molecule has 0 amide bonds. The molecule has 0 spiro atoms. The Hall–Kier alpha value is -1.10. The van der Waals surface area contributed by atoms with Gasteiger partial charge in [-0.2, -0.15) is 0 Å². The SMILES string of the molecule is CCOc1ccccc1CNCC1(OC)CCOC1. The summed E-state index contributed by atoms with van der Waals surface area (Å²) in [5.74, 6) is 0.951. The van der Waals surface area contributed by atoms with Gasteiger partial charge in [-0.3, -0.25) is 0 Å². The highest BCUT2D eigenvalue weighted by molar-refractivity contribution is 5.33. The van der Waals surface area contributed by atoms with Crippen LogP contribution >= 0.6 is 0 Å². The van der Waals surface area contributed by atoms with Gasteiger partial charge >= 0.3 is 0 Å². The van der Waals surface area contributed by atoms with Crippen LogP contribution in [0.25, 0.3) is 0 Å². The smallest absolute Gasteiger partial charge is 0.123 e. The standard InChI is InChI=1S/C15H23NO3/c1-3-19-14-7-5-4-6-13(14)10-16-11-15(17-2)8-9-18-12-15/h4-7,16H,3,8-12H2,1-2H3. The second kappa shape index (κ2) is 6.89. The second-order valence-electron chi connectivity index (χ2n) is 4.83. The molecule has 1 aromatic carbocycles. The molecule has 4 nitrogen and oxygen atoms in total. The van der Waals surface area contributed by atoms with Gasteiger partial charge < -0.3 is 19.5 Å². The van der Waals surface area contributed by atoms with Gasteiger partial charge in [-0.25, -0.2) is 0 Å². The van der Waals surface area contributed by atoms with E-state index in [9.17, 15) is 0 Å². The molecule has 0 aromatic heterocycles. The summed E-state index contributed by atoms with van der Waals surface area (Å²) in [6, 6.07) is 8.12. The molecule has 1 fully saturated rings. The molecule has 106 valence electrons. The van der Waals surface area contributed by atoms with Crippen LogP contribution < -0.4 is 10.1 Å². The average Bonchev–Trinajstić information content (AvgIpc) is 2.90. The first-order chi connectivity index (χ1) is 9.29. The topological polar surface area (TPSA) is 39.7 Å². The molecule has 0 aliphatic carbocycles. The lowest BCUT2D eigenvalue weighted by Crippen LogP contribution is -2.42. The van der Waals surface area contributed by atoms with Gasteiger partial charge in [0, 0.05) is 38.8 Å². The summed E-state index contributed by atoms with van der Waals surface area (Å²) in [5.41, 5.74) is 1.01. The Morgan fingerprint density at radius 3 is 2.89 bits per heavy atom. The van der Waals surface area contributed by atoms with E-state index < -0.39 is 0 Å². The van der Waals surface area contributed by atoms with E-state index >= 15 is 0 Å². The van der Waals surface area contributed by atoms with E-state index in [0.717, 1.165) is 31.9 Å². The number of ether oxygens (including phenoxy) is 3. The predicted octanol–water partition coefficient (Wildman–Crippen LogP) is 1.98. The van der Waals surface area contributed by atoms with E-state index in [2.05, 4.69) is 11.4 Å². The van der Waals surface area contributed by atoms with Crippen molar-refractivity contribution in [2.24, 2.45) is 0 Å². The van der Waals surface area contributed by atoms with Crippen molar-refractivity contribution >= 4 is 0 Å². The van der Waals surface area contributed by atoms with Crippen molar-refractivity contribution in [2.75, 3.05) is 33.5 Å². The number of methoxy groups -OCH3 is 1. The van der Waals surface area contributed by atoms with Crippen molar-refractivity contribution in [3.8, 4) is 5.75 Å². The quantitative estimate of drug-likeness (QED) is 0.818. The van der Waals surface area contributed by atoms with E-state index in [1.807, 2.05) is 25.1 Å². The Labute approximate surface area is 115 Å². The lowest BCUT2D eigenvalue weighted by atomic mass is 10.0. The summed E-state index contributed by atoms with van der Waals surface area (Å²) in [6.45, 7) is 5.72. The fourth-order valence-corrected chi connectivity index (χ4v) is 2.33. The molecule has 2 rings (SSSR count). The minimum absolute atomic E-state index is 0.166. The molecule has 0 saturated carbocycles. The van der Waals surface area contributed by atoms with Gasteiger partial charge in [0.2, 0.25) is 0 Å². The van der Waals surface area contributed by atoms with Crippen LogP contribution in [0.2, 0.25) is 0 Å². The maximum Gasteiger partial charge on any atom is 0.123 e. The van der Waals surface area contributed by atoms with Crippen molar-refractivity contribution < 1.29 is 14.2 Å². The van der Waals surface area contributed by atoms with Crippen LogP contribution in [0.3, 0.4) is 0 Å². The maximum atomic E-state index is 5.62. The Kier molecular flexibility index (Phi) is 5.19. The van der Waals surface area contributed by atoms with Gasteiger partial charge in [0.25, 0.3) is 0 Å². The first kappa shape index (κ1) is 14.3. The molecule has 0 radical (unpaired) electrons. The predicted molar refractivity (Wildman–Crippen MR) is 74.5 cm³/mol. The molecule has 1 unspecified atom stereocenters. The largest absolute Gasteiger partial charge is 0.494 e. The van der Waals surface area contributed by atoms with E-state index in [0.29, 0.717) is 13.2 Å². The molecule has 1 aliphatic heterocycles. The van der Waals surface area contributed by atoms with E-state index in [1.54, 1.807) is 7.11 Å². The highest BCUT2D eigenvalue weighted by Gasteiger charge is 2.34. The van der Waals surface area contributed by atoms with Gasteiger partial charge in [-0.1, -0.05) is 18.2 Å². The zero-order valence-corrected chi connectivity index (χ0v) is 11.8. The summed E-state index contributed by atoms with van der Waals surface area (Å²) >= 11 is 0. The normalized spacial score (nSPS) is 22.6. The van der Waals surface area contributed by atoms with E-state index in [4.69, 9.17) is 14.2 Å². The van der Waals surface area contributed by atoms with E-state index in [1.165, 1.54) is 5.56 Å². The van der Waals surface area contributed by atoms with Gasteiger partial charge in [-0.05, 0) is 13.0 Å². The highest BCUT2D eigenvalue weighted by Crippen LogP contribution is 2.22. The molecule has 1 N–H and O–H groups in total. The summed E-state index contributed by atoms with van der Waals surface area (Å²) in [6.07, 6.45) is 0.948. The van der Waals surface area contributed by atoms with Crippen molar-refractivity contribution in [2.45, 2.75) is 25.5 Å². The molecular formula is C15H23NO3. The molecule has 1 saturated heterocycles. The zero-order chi connectivity index (χ0) is 13.6. The van der Waals surface area contributed by atoms with Crippen molar-refractivity contribution in [3.05, 3.63) is 29.8 Å². The molecular weight excluding hydrogens is 242 g/mol. The monoisotopic (exact) mass is 265 g/mol. The molecule has 1 heterocycles. The number of hydrogen-bond acceptors (Lipinski definition) is 4. The van der Waals surface area contributed by atoms with Crippen molar-refractivity contribution in [1.82, 2.24) is 5.32 Å². The first-order valence-electron chi connectivity index (χ1n) is 6.84. The third kappa shape index (κ3) is 3.69. The average molecular weight is 265 g/mol. The van der Waals surface area contributed by atoms with Crippen LogP contribution in [-0.2, 0) is 16.0 Å². The maximum absolute atomic E-state index is 5.62. The number of nitrogens with one attached hydrogen (secondary N) is 1. The molecule has 19 heavy (non-hydrogen) atoms. The number of benzene rings is 1. The van der Waals surface area contributed by atoms with Crippen LogP contribution in [0.1, 0.15) is 18.9 Å². The van der Waals surface area contributed by atoms with Crippen LogP contribution in [0.15, 0.2) is 24.3 Å².